The van der Waals surface area contributed by atoms with E-state index in [1.54, 1.807) is 0 Å². The summed E-state index contributed by atoms with van der Waals surface area (Å²) in [5.74, 6) is 0. The predicted octanol–water partition coefficient (Wildman–Crippen LogP) is 9.03. The molecule has 0 aliphatic rings. The summed E-state index contributed by atoms with van der Waals surface area (Å²) < 4.78 is 0. The van der Waals surface area contributed by atoms with Gasteiger partial charge in [-0.2, -0.15) is 0 Å². The van der Waals surface area contributed by atoms with E-state index in [0.717, 1.165) is 0 Å². The van der Waals surface area contributed by atoms with Gasteiger partial charge < -0.3 is 0 Å². The summed E-state index contributed by atoms with van der Waals surface area (Å²) in [5.41, 5.74) is 13.1. The van der Waals surface area contributed by atoms with Crippen molar-refractivity contribution in [3.8, 4) is 0 Å². The van der Waals surface area contributed by atoms with Gasteiger partial charge in [-0.3, -0.25) is 0 Å². The Morgan fingerprint density at radius 2 is 0.781 bits per heavy atom. The molecule has 0 saturated carbocycles. The molecule has 0 aromatic heterocycles. The van der Waals surface area contributed by atoms with Crippen LogP contribution in [0.25, 0.3) is 35.1 Å². The third-order valence-corrected chi connectivity index (χ3v) is 6.33. The van der Waals surface area contributed by atoms with Crippen molar-refractivity contribution in [1.29, 1.82) is 0 Å². The van der Waals surface area contributed by atoms with Crippen molar-refractivity contribution in [3.63, 3.8) is 0 Å². The number of aryl methyl sites for hydroxylation is 6. The summed E-state index contributed by atoms with van der Waals surface area (Å²) >= 11 is 0. The van der Waals surface area contributed by atoms with Gasteiger partial charge in [-0.1, -0.05) is 96.1 Å². The Morgan fingerprint density at radius 1 is 0.438 bits per heavy atom. The van der Waals surface area contributed by atoms with E-state index in [2.05, 4.69) is 127 Å². The maximum Gasteiger partial charge on any atom is -0.0105 e. The van der Waals surface area contributed by atoms with Crippen molar-refractivity contribution in [3.05, 3.63) is 116 Å². The molecule has 0 spiro atoms. The van der Waals surface area contributed by atoms with Crippen LogP contribution in [0, 0.1) is 41.5 Å². The first-order valence-corrected chi connectivity index (χ1v) is 11.4. The monoisotopic (exact) mass is 416 g/mol. The topological polar surface area (TPSA) is 0 Å². The van der Waals surface area contributed by atoms with Crippen LogP contribution in [0.4, 0.5) is 0 Å². The average Bonchev–Trinajstić information content (AvgIpc) is 2.73. The van der Waals surface area contributed by atoms with Crippen molar-refractivity contribution in [2.45, 2.75) is 41.5 Å². The van der Waals surface area contributed by atoms with Gasteiger partial charge >= 0.3 is 0 Å². The second-order valence-electron chi connectivity index (χ2n) is 9.08. The van der Waals surface area contributed by atoms with Gasteiger partial charge in [0.2, 0.25) is 0 Å². The second kappa shape index (κ2) is 9.01. The molecule has 0 heteroatoms. The lowest BCUT2D eigenvalue weighted by molar-refractivity contribution is 1.30. The van der Waals surface area contributed by atoms with Gasteiger partial charge in [-0.15, -0.1) is 0 Å². The molecular weight excluding hydrogens is 384 g/mol. The number of benzene rings is 4. The first-order chi connectivity index (χ1) is 15.3. The van der Waals surface area contributed by atoms with Gasteiger partial charge in [-0.05, 0) is 96.8 Å². The smallest absolute Gasteiger partial charge is 0.0105 e. The van der Waals surface area contributed by atoms with E-state index in [9.17, 15) is 0 Å². The average molecular weight is 417 g/mol. The molecule has 0 aliphatic heterocycles. The molecule has 4 rings (SSSR count). The molecule has 4 aromatic rings. The lowest BCUT2D eigenvalue weighted by Crippen LogP contribution is -1.89. The molecule has 0 fully saturated rings. The summed E-state index contributed by atoms with van der Waals surface area (Å²) in [7, 11) is 0. The molecule has 32 heavy (non-hydrogen) atoms. The lowest BCUT2D eigenvalue weighted by atomic mass is 9.95. The van der Waals surface area contributed by atoms with Crippen LogP contribution >= 0.6 is 0 Å². The summed E-state index contributed by atoms with van der Waals surface area (Å²) in [6.45, 7) is 13.1. The van der Waals surface area contributed by atoms with Crippen LogP contribution in [0.15, 0.2) is 60.7 Å². The van der Waals surface area contributed by atoms with E-state index in [1.165, 1.54) is 66.4 Å². The van der Waals surface area contributed by atoms with Crippen LogP contribution in [0.1, 0.15) is 55.6 Å². The minimum atomic E-state index is 1.25. The molecular formula is C32H32. The van der Waals surface area contributed by atoms with E-state index in [0.29, 0.717) is 0 Å². The molecule has 4 aromatic carbocycles. The second-order valence-corrected chi connectivity index (χ2v) is 9.08. The lowest BCUT2D eigenvalue weighted by Gasteiger charge is -2.10. The van der Waals surface area contributed by atoms with Gasteiger partial charge in [0.15, 0.2) is 0 Å². The van der Waals surface area contributed by atoms with Gasteiger partial charge in [-0.25, -0.2) is 0 Å². The Hall–Kier alpha value is -3.38. The Kier molecular flexibility index (Phi) is 6.15. The summed E-state index contributed by atoms with van der Waals surface area (Å²) in [4.78, 5) is 0. The fraction of sp³-hybridized carbons (Fsp3) is 0.188. The highest BCUT2D eigenvalue weighted by molar-refractivity contribution is 5.99. The molecule has 0 saturated heterocycles. The molecule has 0 aliphatic carbocycles. The minimum Gasteiger partial charge on any atom is -0.0616 e. The van der Waals surface area contributed by atoms with Crippen molar-refractivity contribution >= 4 is 35.1 Å². The van der Waals surface area contributed by atoms with E-state index in [4.69, 9.17) is 0 Å². The van der Waals surface area contributed by atoms with E-state index in [1.807, 2.05) is 0 Å². The highest BCUT2D eigenvalue weighted by Gasteiger charge is 2.05. The Labute approximate surface area is 192 Å². The molecule has 160 valence electrons. The number of fused-ring (bicyclic) bond motifs is 1. The molecule has 0 N–H and O–H groups in total. The number of rotatable bonds is 4. The van der Waals surface area contributed by atoms with Gasteiger partial charge in [0.05, 0.1) is 0 Å². The summed E-state index contributed by atoms with van der Waals surface area (Å²) in [5, 5.41) is 2.57. The molecule has 0 unspecified atom stereocenters. The van der Waals surface area contributed by atoms with E-state index in [-0.39, 0.29) is 0 Å². The Morgan fingerprint density at radius 3 is 1.12 bits per heavy atom. The van der Waals surface area contributed by atoms with Crippen molar-refractivity contribution in [2.75, 3.05) is 0 Å². The first kappa shape index (κ1) is 21.8. The van der Waals surface area contributed by atoms with Crippen molar-refractivity contribution in [2.24, 2.45) is 0 Å². The third kappa shape index (κ3) is 4.46. The fourth-order valence-electron chi connectivity index (χ4n) is 4.89. The number of hydrogen-bond donors (Lipinski definition) is 0. The van der Waals surface area contributed by atoms with Crippen LogP contribution < -0.4 is 0 Å². The highest BCUT2D eigenvalue weighted by Crippen LogP contribution is 2.28. The molecule has 0 atom stereocenters. The molecule has 0 radical (unpaired) electrons. The molecule has 0 bridgehead atoms. The zero-order valence-electron chi connectivity index (χ0n) is 20.1. The molecule has 0 nitrogen and oxygen atoms in total. The van der Waals surface area contributed by atoms with E-state index < -0.39 is 0 Å². The third-order valence-electron chi connectivity index (χ3n) is 6.33. The summed E-state index contributed by atoms with van der Waals surface area (Å²) in [6.07, 6.45) is 9.05. The van der Waals surface area contributed by atoms with Gasteiger partial charge in [0.1, 0.15) is 0 Å². The molecule has 0 heterocycles. The van der Waals surface area contributed by atoms with E-state index >= 15 is 0 Å². The molecule has 0 amide bonds. The van der Waals surface area contributed by atoms with Crippen LogP contribution in [-0.2, 0) is 0 Å². The highest BCUT2D eigenvalue weighted by atomic mass is 14.1. The SMILES string of the molecule is Cc1cc(C)c(/C=C\c2ccc(/C=C\c3c(C)cc(C)cc3C)c3ccccc23)c(C)c1. The zero-order valence-corrected chi connectivity index (χ0v) is 20.1. The van der Waals surface area contributed by atoms with Crippen LogP contribution in [0.3, 0.4) is 0 Å². The standard InChI is InChI=1S/C32H32/c1-21-17-23(3)29(24(4)18-21)15-13-27-11-12-28(32-10-8-7-9-31(27)32)14-16-30-25(5)19-22(2)20-26(30)6/h7-20H,1-6H3/b15-13-,16-14-. The van der Waals surface area contributed by atoms with Crippen LogP contribution in [0.5, 0.6) is 0 Å². The minimum absolute atomic E-state index is 1.25. The largest absolute Gasteiger partial charge is 0.0616 e. The number of hydrogen-bond acceptors (Lipinski definition) is 0. The fourth-order valence-corrected chi connectivity index (χ4v) is 4.89. The Balaban J connectivity index is 1.75. The van der Waals surface area contributed by atoms with Crippen LogP contribution in [-0.4, -0.2) is 0 Å². The van der Waals surface area contributed by atoms with Crippen LogP contribution in [0.2, 0.25) is 0 Å². The van der Waals surface area contributed by atoms with Gasteiger partial charge in [0.25, 0.3) is 0 Å². The quantitative estimate of drug-likeness (QED) is 0.291. The first-order valence-electron chi connectivity index (χ1n) is 11.4. The predicted molar refractivity (Wildman–Crippen MR) is 143 cm³/mol. The van der Waals surface area contributed by atoms with Crippen molar-refractivity contribution < 1.29 is 0 Å². The zero-order chi connectivity index (χ0) is 22.8. The normalized spacial score (nSPS) is 11.8. The summed E-state index contributed by atoms with van der Waals surface area (Å²) in [6, 6.07) is 22.2. The van der Waals surface area contributed by atoms with Crippen molar-refractivity contribution in [1.82, 2.24) is 0 Å². The van der Waals surface area contributed by atoms with Gasteiger partial charge in [0, 0.05) is 0 Å². The Bertz CT molecular complexity index is 1210. The maximum atomic E-state index is 2.26. The maximum absolute atomic E-state index is 2.26.